The lowest BCUT2D eigenvalue weighted by atomic mass is 10.2. The predicted octanol–water partition coefficient (Wildman–Crippen LogP) is 5.64. The number of rotatable bonds is 4. The van der Waals surface area contributed by atoms with E-state index in [0.29, 0.717) is 16.4 Å². The summed E-state index contributed by atoms with van der Waals surface area (Å²) in [5.74, 6) is -1.55. The van der Waals surface area contributed by atoms with E-state index in [1.54, 1.807) is 36.4 Å². The lowest BCUT2D eigenvalue weighted by Gasteiger charge is -2.09. The van der Waals surface area contributed by atoms with E-state index in [1.807, 2.05) is 0 Å². The number of anilines is 2. The number of halogens is 3. The minimum absolute atomic E-state index is 0.0488. The van der Waals surface area contributed by atoms with Gasteiger partial charge in [0.05, 0.1) is 16.1 Å². The SMILES string of the molecule is O=C(Nc1ccc(NC(=O)c2ccc(Cl)cc2Cl)cc1)c1ccccc1F. The third kappa shape index (κ3) is 4.64. The number of amides is 2. The fourth-order valence-electron chi connectivity index (χ4n) is 2.35. The fourth-order valence-corrected chi connectivity index (χ4v) is 2.85. The second-order valence-corrected chi connectivity index (χ2v) is 6.43. The van der Waals surface area contributed by atoms with Gasteiger partial charge in [0.15, 0.2) is 0 Å². The molecule has 4 nitrogen and oxygen atoms in total. The summed E-state index contributed by atoms with van der Waals surface area (Å²) in [7, 11) is 0. The van der Waals surface area contributed by atoms with Crippen LogP contribution in [-0.4, -0.2) is 11.8 Å². The van der Waals surface area contributed by atoms with E-state index in [9.17, 15) is 14.0 Å². The van der Waals surface area contributed by atoms with Crippen LogP contribution in [0.25, 0.3) is 0 Å². The molecule has 0 spiro atoms. The number of benzene rings is 3. The Morgan fingerprint density at radius 3 is 1.85 bits per heavy atom. The fraction of sp³-hybridized carbons (Fsp3) is 0. The van der Waals surface area contributed by atoms with Gasteiger partial charge < -0.3 is 10.6 Å². The smallest absolute Gasteiger partial charge is 0.258 e. The molecule has 0 heterocycles. The molecule has 0 saturated heterocycles. The number of carbonyl (C=O) groups excluding carboxylic acids is 2. The van der Waals surface area contributed by atoms with Crippen LogP contribution >= 0.6 is 23.2 Å². The van der Waals surface area contributed by atoms with Gasteiger partial charge in [-0.2, -0.15) is 0 Å². The molecule has 0 radical (unpaired) electrons. The van der Waals surface area contributed by atoms with Crippen molar-refractivity contribution in [3.05, 3.63) is 93.7 Å². The average Bonchev–Trinajstić information content (AvgIpc) is 2.63. The zero-order valence-electron chi connectivity index (χ0n) is 13.8. The molecule has 0 aliphatic heterocycles. The predicted molar refractivity (Wildman–Crippen MR) is 105 cm³/mol. The molecule has 27 heavy (non-hydrogen) atoms. The molecule has 2 N–H and O–H groups in total. The summed E-state index contributed by atoms with van der Waals surface area (Å²) in [4.78, 5) is 24.4. The van der Waals surface area contributed by atoms with Crippen LogP contribution in [-0.2, 0) is 0 Å². The standard InChI is InChI=1S/C20H13Cl2FN2O2/c21-12-5-10-15(17(22)11-12)19(26)24-13-6-8-14(9-7-13)25-20(27)16-3-1-2-4-18(16)23/h1-11H,(H,24,26)(H,25,27). The van der Waals surface area contributed by atoms with E-state index in [2.05, 4.69) is 10.6 Å². The highest BCUT2D eigenvalue weighted by Crippen LogP contribution is 2.22. The lowest BCUT2D eigenvalue weighted by molar-refractivity contribution is 0.101. The van der Waals surface area contributed by atoms with Crippen LogP contribution in [0.5, 0.6) is 0 Å². The molecule has 0 aliphatic rings. The van der Waals surface area contributed by atoms with Crippen LogP contribution in [0.15, 0.2) is 66.7 Å². The summed E-state index contributed by atoms with van der Waals surface area (Å²) >= 11 is 11.8. The van der Waals surface area contributed by atoms with Crippen LogP contribution in [0, 0.1) is 5.82 Å². The van der Waals surface area contributed by atoms with Crippen LogP contribution in [0.1, 0.15) is 20.7 Å². The molecule has 3 rings (SSSR count). The van der Waals surface area contributed by atoms with Crippen molar-refractivity contribution in [2.24, 2.45) is 0 Å². The number of carbonyl (C=O) groups is 2. The van der Waals surface area contributed by atoms with E-state index in [1.165, 1.54) is 30.3 Å². The van der Waals surface area contributed by atoms with E-state index >= 15 is 0 Å². The highest BCUT2D eigenvalue weighted by molar-refractivity contribution is 6.37. The van der Waals surface area contributed by atoms with Crippen LogP contribution in [0.3, 0.4) is 0 Å². The van der Waals surface area contributed by atoms with Crippen molar-refractivity contribution >= 4 is 46.4 Å². The first-order valence-electron chi connectivity index (χ1n) is 7.86. The van der Waals surface area contributed by atoms with Crippen molar-refractivity contribution in [1.29, 1.82) is 0 Å². The second-order valence-electron chi connectivity index (χ2n) is 5.59. The normalized spacial score (nSPS) is 10.3. The molecular weight excluding hydrogens is 390 g/mol. The van der Waals surface area contributed by atoms with Crippen molar-refractivity contribution in [3.63, 3.8) is 0 Å². The summed E-state index contributed by atoms with van der Waals surface area (Å²) < 4.78 is 13.6. The van der Waals surface area contributed by atoms with E-state index in [0.717, 1.165) is 0 Å². The van der Waals surface area contributed by atoms with Crippen LogP contribution in [0.2, 0.25) is 10.0 Å². The molecular formula is C20H13Cl2FN2O2. The van der Waals surface area contributed by atoms with E-state index in [-0.39, 0.29) is 22.1 Å². The minimum atomic E-state index is -0.598. The second kappa shape index (κ2) is 8.20. The van der Waals surface area contributed by atoms with Gasteiger partial charge in [0, 0.05) is 16.4 Å². The first kappa shape index (κ1) is 18.9. The summed E-state index contributed by atoms with van der Waals surface area (Å²) in [6, 6.07) is 16.7. The lowest BCUT2D eigenvalue weighted by Crippen LogP contribution is -2.14. The average molecular weight is 403 g/mol. The van der Waals surface area contributed by atoms with Crippen LogP contribution in [0.4, 0.5) is 15.8 Å². The molecule has 7 heteroatoms. The first-order chi connectivity index (χ1) is 12.9. The molecule has 136 valence electrons. The van der Waals surface area contributed by atoms with E-state index in [4.69, 9.17) is 23.2 Å². The topological polar surface area (TPSA) is 58.2 Å². The van der Waals surface area contributed by atoms with Gasteiger partial charge in [-0.25, -0.2) is 4.39 Å². The van der Waals surface area contributed by atoms with Gasteiger partial charge >= 0.3 is 0 Å². The summed E-state index contributed by atoms with van der Waals surface area (Å²) in [5.41, 5.74) is 1.21. The Kier molecular flexibility index (Phi) is 5.74. The Morgan fingerprint density at radius 1 is 0.741 bits per heavy atom. The first-order valence-corrected chi connectivity index (χ1v) is 8.62. The van der Waals surface area contributed by atoms with Crippen LogP contribution < -0.4 is 10.6 Å². The number of hydrogen-bond donors (Lipinski definition) is 2. The Labute approximate surface area is 164 Å². The molecule has 3 aromatic rings. The van der Waals surface area contributed by atoms with Crippen molar-refractivity contribution in [2.45, 2.75) is 0 Å². The van der Waals surface area contributed by atoms with Gasteiger partial charge in [-0.05, 0) is 54.6 Å². The molecule has 0 fully saturated rings. The summed E-state index contributed by atoms with van der Waals surface area (Å²) in [6.45, 7) is 0. The zero-order chi connectivity index (χ0) is 19.4. The van der Waals surface area contributed by atoms with Crippen molar-refractivity contribution in [3.8, 4) is 0 Å². The molecule has 2 amide bonds. The largest absolute Gasteiger partial charge is 0.322 e. The van der Waals surface area contributed by atoms with Gasteiger partial charge in [-0.1, -0.05) is 35.3 Å². The van der Waals surface area contributed by atoms with Crippen molar-refractivity contribution < 1.29 is 14.0 Å². The minimum Gasteiger partial charge on any atom is -0.322 e. The summed E-state index contributed by atoms with van der Waals surface area (Å²) in [5, 5.41) is 5.98. The molecule has 0 atom stereocenters. The van der Waals surface area contributed by atoms with Crippen molar-refractivity contribution in [1.82, 2.24) is 0 Å². The Bertz CT molecular complexity index is 1010. The van der Waals surface area contributed by atoms with Gasteiger partial charge in [-0.15, -0.1) is 0 Å². The molecule has 3 aromatic carbocycles. The maximum atomic E-state index is 13.6. The Hall–Kier alpha value is -2.89. The quantitative estimate of drug-likeness (QED) is 0.593. The summed E-state index contributed by atoms with van der Waals surface area (Å²) in [6.07, 6.45) is 0. The maximum absolute atomic E-state index is 13.6. The maximum Gasteiger partial charge on any atom is 0.258 e. The highest BCUT2D eigenvalue weighted by Gasteiger charge is 2.12. The van der Waals surface area contributed by atoms with E-state index < -0.39 is 11.7 Å². The molecule has 0 unspecified atom stereocenters. The van der Waals surface area contributed by atoms with Crippen molar-refractivity contribution in [2.75, 3.05) is 10.6 Å². The monoisotopic (exact) mass is 402 g/mol. The number of hydrogen-bond acceptors (Lipinski definition) is 2. The highest BCUT2D eigenvalue weighted by atomic mass is 35.5. The van der Waals surface area contributed by atoms with Gasteiger partial charge in [-0.3, -0.25) is 9.59 Å². The molecule has 0 aromatic heterocycles. The number of nitrogens with one attached hydrogen (secondary N) is 2. The molecule has 0 saturated carbocycles. The third-order valence-electron chi connectivity index (χ3n) is 3.69. The third-order valence-corrected chi connectivity index (χ3v) is 4.24. The van der Waals surface area contributed by atoms with Gasteiger partial charge in [0.25, 0.3) is 11.8 Å². The van der Waals surface area contributed by atoms with Gasteiger partial charge in [0.2, 0.25) is 0 Å². The van der Waals surface area contributed by atoms with Gasteiger partial charge in [0.1, 0.15) is 5.82 Å². The molecule has 0 bridgehead atoms. The zero-order valence-corrected chi connectivity index (χ0v) is 15.3. The Balaban J connectivity index is 1.67. The molecule has 0 aliphatic carbocycles. The Morgan fingerprint density at radius 2 is 1.30 bits per heavy atom.